The van der Waals surface area contributed by atoms with E-state index >= 15 is 0 Å². The molecule has 1 rings (SSSR count). The first-order valence-corrected chi connectivity index (χ1v) is 2.41. The number of para-hydroxylation sites is 1. The average Bonchev–Trinajstić information content (AvgIpc) is 1.83. The van der Waals surface area contributed by atoms with Crippen LogP contribution in [-0.4, -0.2) is 38.4 Å². The zero-order chi connectivity index (χ0) is 6.85. The van der Waals surface area contributed by atoms with E-state index in [4.69, 9.17) is 15.3 Å². The van der Waals surface area contributed by atoms with Gasteiger partial charge in [-0.1, -0.05) is 6.07 Å². The summed E-state index contributed by atoms with van der Waals surface area (Å²) in [5.74, 6) is -1.09. The van der Waals surface area contributed by atoms with Crippen molar-refractivity contribution in [3.63, 3.8) is 0 Å². The van der Waals surface area contributed by atoms with Gasteiger partial charge in [0.05, 0.1) is 0 Å². The van der Waals surface area contributed by atoms with Crippen molar-refractivity contribution in [2.75, 3.05) is 0 Å². The van der Waals surface area contributed by atoms with E-state index in [1.165, 1.54) is 18.2 Å². The van der Waals surface area contributed by atoms with Crippen molar-refractivity contribution in [3.8, 4) is 17.2 Å². The first kappa shape index (κ1) is 9.39. The summed E-state index contributed by atoms with van der Waals surface area (Å²) in [6.45, 7) is 0. The van der Waals surface area contributed by atoms with Crippen molar-refractivity contribution < 1.29 is 15.3 Å². The Hall–Kier alpha value is -0.614. The monoisotopic (exact) mass is 150 g/mol. The van der Waals surface area contributed by atoms with E-state index < -0.39 is 5.75 Å². The normalized spacial score (nSPS) is 8.40. The van der Waals surface area contributed by atoms with E-state index in [-0.39, 0.29) is 34.6 Å². The summed E-state index contributed by atoms with van der Waals surface area (Å²) in [4.78, 5) is 0. The number of phenolic OH excluding ortho intramolecular Hbond substituents is 3. The van der Waals surface area contributed by atoms with Gasteiger partial charge in [-0.25, -0.2) is 0 Å². The Morgan fingerprint density at radius 3 is 1.60 bits per heavy atom. The van der Waals surface area contributed by atoms with Gasteiger partial charge in [-0.15, -0.1) is 0 Å². The van der Waals surface area contributed by atoms with Crippen molar-refractivity contribution in [3.05, 3.63) is 18.2 Å². The summed E-state index contributed by atoms with van der Waals surface area (Å²) in [5, 5.41) is 26.1. The molecule has 0 amide bonds. The summed E-state index contributed by atoms with van der Waals surface area (Å²) in [5.41, 5.74) is 0. The molecule has 0 fully saturated rings. The summed E-state index contributed by atoms with van der Waals surface area (Å²) < 4.78 is 0. The third kappa shape index (κ3) is 1.68. The summed E-state index contributed by atoms with van der Waals surface area (Å²) in [7, 11) is 0. The second kappa shape index (κ2) is 3.53. The van der Waals surface area contributed by atoms with Crippen molar-refractivity contribution in [1.29, 1.82) is 0 Å². The molecular formula is C6H6MgO3. The highest BCUT2D eigenvalue weighted by atomic mass is 24.3. The maximum absolute atomic E-state index is 8.71. The Morgan fingerprint density at radius 2 is 1.30 bits per heavy atom. The van der Waals surface area contributed by atoms with E-state index in [9.17, 15) is 0 Å². The van der Waals surface area contributed by atoms with Gasteiger partial charge in [0.1, 0.15) is 0 Å². The van der Waals surface area contributed by atoms with E-state index in [1.807, 2.05) is 0 Å². The molecule has 0 spiro atoms. The van der Waals surface area contributed by atoms with E-state index in [0.29, 0.717) is 0 Å². The van der Waals surface area contributed by atoms with Crippen LogP contribution in [0.3, 0.4) is 0 Å². The Labute approximate surface area is 74.1 Å². The zero-order valence-electron chi connectivity index (χ0n) is 5.28. The van der Waals surface area contributed by atoms with E-state index in [0.717, 1.165) is 0 Å². The number of hydrogen-bond donors (Lipinski definition) is 3. The molecule has 0 aliphatic rings. The molecule has 4 heteroatoms. The quantitative estimate of drug-likeness (QED) is 0.371. The van der Waals surface area contributed by atoms with Gasteiger partial charge in [-0.3, -0.25) is 0 Å². The molecule has 0 saturated heterocycles. The third-order valence-corrected chi connectivity index (χ3v) is 0.993. The van der Waals surface area contributed by atoms with E-state index in [1.54, 1.807) is 0 Å². The minimum absolute atomic E-state index is 0. The average molecular weight is 150 g/mol. The van der Waals surface area contributed by atoms with Gasteiger partial charge in [0.15, 0.2) is 17.2 Å². The van der Waals surface area contributed by atoms with E-state index in [2.05, 4.69) is 0 Å². The van der Waals surface area contributed by atoms with Crippen LogP contribution in [0.1, 0.15) is 0 Å². The van der Waals surface area contributed by atoms with Crippen molar-refractivity contribution in [2.24, 2.45) is 0 Å². The molecule has 1 aromatic rings. The van der Waals surface area contributed by atoms with Crippen molar-refractivity contribution in [1.82, 2.24) is 0 Å². The molecule has 0 heterocycles. The number of rotatable bonds is 0. The van der Waals surface area contributed by atoms with Crippen LogP contribution in [0.4, 0.5) is 0 Å². The number of phenols is 3. The third-order valence-electron chi connectivity index (χ3n) is 0.993. The molecular weight excluding hydrogens is 144 g/mol. The second-order valence-electron chi connectivity index (χ2n) is 1.64. The predicted octanol–water partition coefficient (Wildman–Crippen LogP) is 0.423. The standard InChI is InChI=1S/C6H6O3.Mg/c7-4-2-1-3-5(8)6(4)9;/h1-3,7-9H;. The van der Waals surface area contributed by atoms with Crippen LogP contribution in [0, 0.1) is 0 Å². The molecule has 0 aliphatic heterocycles. The Bertz CT molecular complexity index is 204. The first-order chi connectivity index (χ1) is 4.22. The molecule has 50 valence electrons. The topological polar surface area (TPSA) is 60.7 Å². The summed E-state index contributed by atoms with van der Waals surface area (Å²) in [6, 6.07) is 4.01. The van der Waals surface area contributed by atoms with Gasteiger partial charge < -0.3 is 15.3 Å². The van der Waals surface area contributed by atoms with Crippen LogP contribution in [0.2, 0.25) is 0 Å². The van der Waals surface area contributed by atoms with Crippen LogP contribution in [0.15, 0.2) is 18.2 Å². The van der Waals surface area contributed by atoms with Gasteiger partial charge >= 0.3 is 0 Å². The van der Waals surface area contributed by atoms with Crippen molar-refractivity contribution >= 4 is 23.1 Å². The summed E-state index contributed by atoms with van der Waals surface area (Å²) >= 11 is 0. The van der Waals surface area contributed by atoms with Crippen LogP contribution < -0.4 is 0 Å². The molecule has 0 atom stereocenters. The molecule has 0 aliphatic carbocycles. The molecule has 2 radical (unpaired) electrons. The molecule has 10 heavy (non-hydrogen) atoms. The first-order valence-electron chi connectivity index (χ1n) is 2.41. The molecule has 0 bridgehead atoms. The molecule has 0 saturated carbocycles. The predicted molar refractivity (Wildman–Crippen MR) is 37.2 cm³/mol. The van der Waals surface area contributed by atoms with Gasteiger partial charge in [-0.2, -0.15) is 0 Å². The molecule has 3 nitrogen and oxygen atoms in total. The maximum Gasteiger partial charge on any atom is 0.200 e. The fourth-order valence-electron chi connectivity index (χ4n) is 0.519. The number of aromatic hydroxyl groups is 3. The lowest BCUT2D eigenvalue weighted by Crippen LogP contribution is -1.67. The highest BCUT2D eigenvalue weighted by Crippen LogP contribution is 2.32. The van der Waals surface area contributed by atoms with Crippen LogP contribution >= 0.6 is 0 Å². The lowest BCUT2D eigenvalue weighted by molar-refractivity contribution is 0.368. The fourth-order valence-corrected chi connectivity index (χ4v) is 0.519. The molecule has 0 aromatic heterocycles. The second-order valence-corrected chi connectivity index (χ2v) is 1.64. The number of hydrogen-bond acceptors (Lipinski definition) is 3. The lowest BCUT2D eigenvalue weighted by atomic mass is 10.3. The minimum atomic E-state index is -0.475. The van der Waals surface area contributed by atoms with Gasteiger partial charge in [-0.05, 0) is 12.1 Å². The molecule has 0 unspecified atom stereocenters. The Kier molecular flexibility index (Phi) is 3.31. The largest absolute Gasteiger partial charge is 0.504 e. The summed E-state index contributed by atoms with van der Waals surface area (Å²) in [6.07, 6.45) is 0. The highest BCUT2D eigenvalue weighted by Gasteiger charge is 2.00. The smallest absolute Gasteiger partial charge is 0.200 e. The maximum atomic E-state index is 8.71. The minimum Gasteiger partial charge on any atom is -0.504 e. The molecule has 3 N–H and O–H groups in total. The van der Waals surface area contributed by atoms with Gasteiger partial charge in [0.25, 0.3) is 0 Å². The lowest BCUT2D eigenvalue weighted by Gasteiger charge is -1.96. The fraction of sp³-hybridized carbons (Fsp3) is 0. The van der Waals surface area contributed by atoms with Crippen LogP contribution in [0.25, 0.3) is 0 Å². The van der Waals surface area contributed by atoms with Crippen molar-refractivity contribution in [2.45, 2.75) is 0 Å². The Balaban J connectivity index is 0.000000810. The van der Waals surface area contributed by atoms with Gasteiger partial charge in [0, 0.05) is 23.1 Å². The molecule has 1 aromatic carbocycles. The zero-order valence-corrected chi connectivity index (χ0v) is 6.70. The highest BCUT2D eigenvalue weighted by molar-refractivity contribution is 5.75. The SMILES string of the molecule is Oc1cccc(O)c1O.[Mg]. The van der Waals surface area contributed by atoms with Gasteiger partial charge in [0.2, 0.25) is 0 Å². The number of benzene rings is 1. The van der Waals surface area contributed by atoms with Crippen LogP contribution in [-0.2, 0) is 0 Å². The Morgan fingerprint density at radius 1 is 0.900 bits per heavy atom. The van der Waals surface area contributed by atoms with Crippen LogP contribution in [0.5, 0.6) is 17.2 Å².